The lowest BCUT2D eigenvalue weighted by Crippen LogP contribution is -2.29. The molecule has 138 valence electrons. The summed E-state index contributed by atoms with van der Waals surface area (Å²) in [6.07, 6.45) is 0.614. The van der Waals surface area contributed by atoms with Crippen LogP contribution >= 0.6 is 11.3 Å². The summed E-state index contributed by atoms with van der Waals surface area (Å²) in [7, 11) is -3.59. The molecule has 27 heavy (non-hydrogen) atoms. The number of carbonyl (C=O) groups excluding carboxylic acids is 1. The molecule has 4 rings (SSSR count). The average molecular weight is 399 g/mol. The van der Waals surface area contributed by atoms with Gasteiger partial charge in [-0.05, 0) is 60.7 Å². The summed E-state index contributed by atoms with van der Waals surface area (Å²) in [5.41, 5.74) is 3.27. The predicted molar refractivity (Wildman–Crippen MR) is 108 cm³/mol. The molecule has 1 aliphatic rings. The van der Waals surface area contributed by atoms with Gasteiger partial charge in [-0.1, -0.05) is 23.8 Å². The van der Waals surface area contributed by atoms with Gasteiger partial charge in [0, 0.05) is 12.2 Å². The number of nitrogens with zero attached hydrogens (tertiary/aromatic N) is 1. The average Bonchev–Trinajstić information content (AvgIpc) is 3.32. The maximum atomic E-state index is 13.0. The third kappa shape index (κ3) is 3.36. The second-order valence-electron chi connectivity index (χ2n) is 6.42. The molecule has 0 radical (unpaired) electrons. The molecule has 0 atom stereocenters. The normalized spacial score (nSPS) is 13.4. The first-order chi connectivity index (χ1) is 12.9. The minimum Gasteiger partial charge on any atom is -0.321 e. The Balaban J connectivity index is 1.59. The van der Waals surface area contributed by atoms with E-state index in [4.69, 9.17) is 0 Å². The summed E-state index contributed by atoms with van der Waals surface area (Å²) in [4.78, 5) is 13.1. The van der Waals surface area contributed by atoms with Crippen LogP contribution in [-0.2, 0) is 16.4 Å². The number of benzene rings is 2. The van der Waals surface area contributed by atoms with E-state index in [-0.39, 0.29) is 10.8 Å². The van der Waals surface area contributed by atoms with Crippen LogP contribution in [0.25, 0.3) is 0 Å². The molecule has 7 heteroatoms. The van der Waals surface area contributed by atoms with Gasteiger partial charge in [0.2, 0.25) is 0 Å². The van der Waals surface area contributed by atoms with E-state index >= 15 is 0 Å². The largest absolute Gasteiger partial charge is 0.321 e. The standard InChI is InChI=1S/C20H18N2O3S2/c1-14-4-7-17(8-5-14)27(24,25)22-11-10-15-13-16(6-9-18(15)22)21-20(23)19-3-2-12-26-19/h2-9,12-13H,10-11H2,1H3,(H,21,23). The Kier molecular flexibility index (Phi) is 4.49. The Hall–Kier alpha value is -2.64. The highest BCUT2D eigenvalue weighted by Gasteiger charge is 2.31. The van der Waals surface area contributed by atoms with Crippen LogP contribution in [0.2, 0.25) is 0 Å². The van der Waals surface area contributed by atoms with Crippen molar-refractivity contribution in [2.75, 3.05) is 16.2 Å². The van der Waals surface area contributed by atoms with E-state index in [1.54, 1.807) is 42.5 Å². The maximum absolute atomic E-state index is 13.0. The highest BCUT2D eigenvalue weighted by molar-refractivity contribution is 7.92. The van der Waals surface area contributed by atoms with Gasteiger partial charge in [0.25, 0.3) is 15.9 Å². The molecule has 1 aromatic heterocycles. The predicted octanol–water partition coefficient (Wildman–Crippen LogP) is 4.06. The summed E-state index contributed by atoms with van der Waals surface area (Å²) in [6, 6.07) is 15.8. The first-order valence-corrected chi connectivity index (χ1v) is 10.8. The molecule has 0 aliphatic carbocycles. The van der Waals surface area contributed by atoms with Crippen LogP contribution in [0.4, 0.5) is 11.4 Å². The third-order valence-corrected chi connectivity index (χ3v) is 7.24. The van der Waals surface area contributed by atoms with Crippen LogP contribution < -0.4 is 9.62 Å². The van der Waals surface area contributed by atoms with E-state index in [1.165, 1.54) is 15.6 Å². The maximum Gasteiger partial charge on any atom is 0.265 e. The second-order valence-corrected chi connectivity index (χ2v) is 9.23. The van der Waals surface area contributed by atoms with E-state index < -0.39 is 10.0 Å². The third-order valence-electron chi connectivity index (χ3n) is 4.54. The van der Waals surface area contributed by atoms with E-state index in [9.17, 15) is 13.2 Å². The van der Waals surface area contributed by atoms with Crippen LogP contribution in [0.3, 0.4) is 0 Å². The number of aryl methyl sites for hydroxylation is 1. The van der Waals surface area contributed by atoms with Crippen molar-refractivity contribution in [2.24, 2.45) is 0 Å². The molecule has 2 aromatic carbocycles. The number of amides is 1. The molecule has 1 amide bonds. The summed E-state index contributed by atoms with van der Waals surface area (Å²) in [6.45, 7) is 2.32. The van der Waals surface area contributed by atoms with Crippen LogP contribution in [0.5, 0.6) is 0 Å². The smallest absolute Gasteiger partial charge is 0.265 e. The van der Waals surface area contributed by atoms with Crippen molar-refractivity contribution < 1.29 is 13.2 Å². The lowest BCUT2D eigenvalue weighted by molar-refractivity contribution is 0.103. The van der Waals surface area contributed by atoms with Gasteiger partial charge in [-0.2, -0.15) is 0 Å². The molecular formula is C20H18N2O3S2. The molecule has 3 aromatic rings. The number of sulfonamides is 1. The highest BCUT2D eigenvalue weighted by Crippen LogP contribution is 2.34. The molecule has 0 saturated carbocycles. The number of thiophene rings is 1. The number of rotatable bonds is 4. The fraction of sp³-hybridized carbons (Fsp3) is 0.150. The van der Waals surface area contributed by atoms with Crippen LogP contribution in [0.15, 0.2) is 64.9 Å². The molecule has 2 heterocycles. The van der Waals surface area contributed by atoms with Crippen molar-refractivity contribution in [3.63, 3.8) is 0 Å². The van der Waals surface area contributed by atoms with Crippen LogP contribution in [0, 0.1) is 6.92 Å². The summed E-state index contributed by atoms with van der Waals surface area (Å²) >= 11 is 1.38. The van der Waals surface area contributed by atoms with Gasteiger partial charge in [0.1, 0.15) is 0 Å². The Morgan fingerprint density at radius 3 is 2.59 bits per heavy atom. The number of anilines is 2. The minimum atomic E-state index is -3.59. The van der Waals surface area contributed by atoms with E-state index in [0.29, 0.717) is 29.2 Å². The molecular weight excluding hydrogens is 380 g/mol. The van der Waals surface area contributed by atoms with Gasteiger partial charge in [-0.25, -0.2) is 8.42 Å². The topological polar surface area (TPSA) is 66.5 Å². The fourth-order valence-electron chi connectivity index (χ4n) is 3.14. The molecule has 1 aliphatic heterocycles. The molecule has 0 bridgehead atoms. The van der Waals surface area contributed by atoms with E-state index in [0.717, 1.165) is 11.1 Å². The van der Waals surface area contributed by atoms with Gasteiger partial charge >= 0.3 is 0 Å². The van der Waals surface area contributed by atoms with Gasteiger partial charge in [0.15, 0.2) is 0 Å². The Morgan fingerprint density at radius 2 is 1.89 bits per heavy atom. The van der Waals surface area contributed by atoms with Crippen molar-refractivity contribution in [2.45, 2.75) is 18.2 Å². The van der Waals surface area contributed by atoms with Gasteiger partial charge in [0.05, 0.1) is 15.5 Å². The Labute approximate surface area is 162 Å². The van der Waals surface area contributed by atoms with Gasteiger partial charge in [-0.15, -0.1) is 11.3 Å². The van der Waals surface area contributed by atoms with Gasteiger partial charge < -0.3 is 5.32 Å². The molecule has 1 N–H and O–H groups in total. The quantitative estimate of drug-likeness (QED) is 0.721. The summed E-state index contributed by atoms with van der Waals surface area (Å²) in [5, 5.41) is 4.72. The van der Waals surface area contributed by atoms with E-state index in [1.807, 2.05) is 24.4 Å². The monoisotopic (exact) mass is 398 g/mol. The first-order valence-electron chi connectivity index (χ1n) is 8.52. The lowest BCUT2D eigenvalue weighted by atomic mass is 10.1. The zero-order valence-corrected chi connectivity index (χ0v) is 16.3. The SMILES string of the molecule is Cc1ccc(S(=O)(=O)N2CCc3cc(NC(=O)c4cccs4)ccc32)cc1. The van der Waals surface area contributed by atoms with Crippen molar-refractivity contribution in [1.82, 2.24) is 0 Å². The van der Waals surface area contributed by atoms with Crippen molar-refractivity contribution in [3.05, 3.63) is 76.0 Å². The number of nitrogens with one attached hydrogen (secondary N) is 1. The number of fused-ring (bicyclic) bond motifs is 1. The zero-order chi connectivity index (χ0) is 19.0. The molecule has 0 saturated heterocycles. The molecule has 0 unspecified atom stereocenters. The summed E-state index contributed by atoms with van der Waals surface area (Å²) in [5.74, 6) is -0.160. The Bertz CT molecular complexity index is 1090. The van der Waals surface area contributed by atoms with Crippen LogP contribution in [-0.4, -0.2) is 20.9 Å². The first kappa shape index (κ1) is 17.8. The van der Waals surface area contributed by atoms with Crippen molar-refractivity contribution in [3.8, 4) is 0 Å². The van der Waals surface area contributed by atoms with Gasteiger partial charge in [-0.3, -0.25) is 9.10 Å². The van der Waals surface area contributed by atoms with Crippen LogP contribution in [0.1, 0.15) is 20.8 Å². The fourth-order valence-corrected chi connectivity index (χ4v) is 5.26. The minimum absolute atomic E-state index is 0.160. The molecule has 5 nitrogen and oxygen atoms in total. The number of hydrogen-bond donors (Lipinski definition) is 1. The number of hydrogen-bond acceptors (Lipinski definition) is 4. The Morgan fingerprint density at radius 1 is 1.11 bits per heavy atom. The lowest BCUT2D eigenvalue weighted by Gasteiger charge is -2.20. The molecule has 0 fully saturated rings. The highest BCUT2D eigenvalue weighted by atomic mass is 32.2. The molecule has 0 spiro atoms. The second kappa shape index (κ2) is 6.83. The summed E-state index contributed by atoms with van der Waals surface area (Å²) < 4.78 is 27.4. The van der Waals surface area contributed by atoms with E-state index in [2.05, 4.69) is 5.32 Å². The number of carbonyl (C=O) groups is 1. The van der Waals surface area contributed by atoms with Crippen molar-refractivity contribution >= 4 is 38.6 Å². The van der Waals surface area contributed by atoms with Crippen molar-refractivity contribution in [1.29, 1.82) is 0 Å². The zero-order valence-electron chi connectivity index (χ0n) is 14.7.